The van der Waals surface area contributed by atoms with Gasteiger partial charge in [0, 0.05) is 33.8 Å². The predicted octanol–water partition coefficient (Wildman–Crippen LogP) is 3.39. The SMILES string of the molecule is O=C(COC(=O)CNC(=O)c1cccc([N+](=O)[O-])c1)Nc1ccc(Cl)cc1C(=O)c1ccccc1. The fourth-order valence-corrected chi connectivity index (χ4v) is 3.13. The number of nitro benzene ring substituents is 1. The summed E-state index contributed by atoms with van der Waals surface area (Å²) in [4.78, 5) is 59.3. The molecule has 35 heavy (non-hydrogen) atoms. The van der Waals surface area contributed by atoms with E-state index in [9.17, 15) is 29.3 Å². The van der Waals surface area contributed by atoms with Crippen molar-refractivity contribution in [3.05, 3.63) is 105 Å². The number of amides is 2. The highest BCUT2D eigenvalue weighted by Crippen LogP contribution is 2.23. The van der Waals surface area contributed by atoms with Gasteiger partial charge in [0.05, 0.1) is 10.6 Å². The lowest BCUT2D eigenvalue weighted by molar-refractivity contribution is -0.384. The summed E-state index contributed by atoms with van der Waals surface area (Å²) in [5.74, 6) is -2.70. The van der Waals surface area contributed by atoms with Crippen molar-refractivity contribution in [1.82, 2.24) is 5.32 Å². The number of nitrogens with zero attached hydrogens (tertiary/aromatic N) is 1. The predicted molar refractivity (Wildman–Crippen MR) is 126 cm³/mol. The van der Waals surface area contributed by atoms with E-state index < -0.39 is 35.9 Å². The second-order valence-electron chi connectivity index (χ2n) is 7.08. The number of esters is 1. The standard InChI is InChI=1S/C24H18ClN3O7/c25-17-9-10-20(19(12-17)23(31)15-5-2-1-3-6-15)27-21(29)14-35-22(30)13-26-24(32)16-7-4-8-18(11-16)28(33)34/h1-12H,13-14H2,(H,26,32)(H,27,29). The summed E-state index contributed by atoms with van der Waals surface area (Å²) in [7, 11) is 0. The van der Waals surface area contributed by atoms with Crippen molar-refractivity contribution in [2.24, 2.45) is 0 Å². The Morgan fingerprint density at radius 2 is 1.63 bits per heavy atom. The van der Waals surface area contributed by atoms with Crippen LogP contribution in [-0.4, -0.2) is 41.6 Å². The third-order valence-corrected chi connectivity index (χ3v) is 4.85. The van der Waals surface area contributed by atoms with E-state index >= 15 is 0 Å². The highest BCUT2D eigenvalue weighted by Gasteiger charge is 2.17. The molecule has 0 saturated carbocycles. The number of benzene rings is 3. The average molecular weight is 496 g/mol. The molecule has 2 N–H and O–H groups in total. The summed E-state index contributed by atoms with van der Waals surface area (Å²) in [6.07, 6.45) is 0. The van der Waals surface area contributed by atoms with Gasteiger partial charge < -0.3 is 15.4 Å². The number of carbonyl (C=O) groups excluding carboxylic acids is 4. The molecule has 0 aromatic heterocycles. The Morgan fingerprint density at radius 3 is 2.34 bits per heavy atom. The van der Waals surface area contributed by atoms with Crippen molar-refractivity contribution >= 4 is 46.5 Å². The number of rotatable bonds is 9. The summed E-state index contributed by atoms with van der Waals surface area (Å²) in [6, 6.07) is 17.8. The average Bonchev–Trinajstić information content (AvgIpc) is 2.87. The van der Waals surface area contributed by atoms with Crippen LogP contribution < -0.4 is 10.6 Å². The van der Waals surface area contributed by atoms with E-state index in [0.29, 0.717) is 10.6 Å². The maximum absolute atomic E-state index is 12.8. The quantitative estimate of drug-likeness (QED) is 0.200. The largest absolute Gasteiger partial charge is 0.454 e. The topological polar surface area (TPSA) is 145 Å². The second-order valence-corrected chi connectivity index (χ2v) is 7.52. The number of hydrogen-bond donors (Lipinski definition) is 2. The summed E-state index contributed by atoms with van der Waals surface area (Å²) in [5.41, 5.74) is 0.458. The number of ketones is 1. The number of halogens is 1. The number of nitrogens with one attached hydrogen (secondary N) is 2. The second kappa shape index (κ2) is 11.5. The summed E-state index contributed by atoms with van der Waals surface area (Å²) < 4.78 is 4.85. The maximum Gasteiger partial charge on any atom is 0.325 e. The van der Waals surface area contributed by atoms with Crippen LogP contribution in [0.5, 0.6) is 0 Å². The van der Waals surface area contributed by atoms with Crippen LogP contribution in [0.1, 0.15) is 26.3 Å². The van der Waals surface area contributed by atoms with E-state index in [1.54, 1.807) is 30.3 Å². The minimum Gasteiger partial charge on any atom is -0.454 e. The molecule has 0 aliphatic rings. The van der Waals surface area contributed by atoms with Crippen LogP contribution in [0.2, 0.25) is 5.02 Å². The maximum atomic E-state index is 12.8. The van der Waals surface area contributed by atoms with Gasteiger partial charge in [0.25, 0.3) is 17.5 Å². The van der Waals surface area contributed by atoms with E-state index in [1.165, 1.54) is 36.4 Å². The Labute approximate surface area is 204 Å². The van der Waals surface area contributed by atoms with Gasteiger partial charge in [-0.25, -0.2) is 0 Å². The molecule has 0 saturated heterocycles. The van der Waals surface area contributed by atoms with Crippen molar-refractivity contribution in [2.45, 2.75) is 0 Å². The highest BCUT2D eigenvalue weighted by atomic mass is 35.5. The lowest BCUT2D eigenvalue weighted by Crippen LogP contribution is -2.32. The Morgan fingerprint density at radius 1 is 0.914 bits per heavy atom. The number of non-ortho nitro benzene ring substituents is 1. The minimum absolute atomic E-state index is 0.0110. The summed E-state index contributed by atoms with van der Waals surface area (Å²) in [5, 5.41) is 15.9. The van der Waals surface area contributed by atoms with Gasteiger partial charge in [0.1, 0.15) is 6.54 Å². The molecule has 0 radical (unpaired) electrons. The third-order valence-electron chi connectivity index (χ3n) is 4.61. The molecule has 0 aliphatic carbocycles. The molecule has 3 aromatic rings. The fraction of sp³-hybridized carbons (Fsp3) is 0.0833. The van der Waals surface area contributed by atoms with Crippen LogP contribution in [0, 0.1) is 10.1 Å². The Balaban J connectivity index is 1.54. The first-order valence-electron chi connectivity index (χ1n) is 10.1. The van der Waals surface area contributed by atoms with Crippen molar-refractivity contribution in [3.8, 4) is 0 Å². The first kappa shape index (κ1) is 25.1. The van der Waals surface area contributed by atoms with Crippen LogP contribution in [0.15, 0.2) is 72.8 Å². The van der Waals surface area contributed by atoms with Gasteiger partial charge >= 0.3 is 5.97 Å². The fourth-order valence-electron chi connectivity index (χ4n) is 2.96. The molecule has 178 valence electrons. The van der Waals surface area contributed by atoms with Crippen molar-refractivity contribution in [3.63, 3.8) is 0 Å². The number of ether oxygens (including phenoxy) is 1. The van der Waals surface area contributed by atoms with Gasteiger partial charge in [-0.15, -0.1) is 0 Å². The molecule has 2 amide bonds. The Hall–Kier alpha value is -4.57. The molecule has 0 aliphatic heterocycles. The number of anilines is 1. The Bertz CT molecular complexity index is 1300. The van der Waals surface area contributed by atoms with E-state index in [2.05, 4.69) is 10.6 Å². The summed E-state index contributed by atoms with van der Waals surface area (Å²) in [6.45, 7) is -1.24. The van der Waals surface area contributed by atoms with Gasteiger partial charge in [-0.2, -0.15) is 0 Å². The molecular formula is C24H18ClN3O7. The molecule has 0 heterocycles. The number of hydrogen-bond acceptors (Lipinski definition) is 7. The third kappa shape index (κ3) is 6.95. The molecule has 0 atom stereocenters. The van der Waals surface area contributed by atoms with Gasteiger partial charge in [0.15, 0.2) is 12.4 Å². The molecule has 3 aromatic carbocycles. The van der Waals surface area contributed by atoms with E-state index in [1.807, 2.05) is 0 Å². The van der Waals surface area contributed by atoms with E-state index in [-0.39, 0.29) is 28.3 Å². The number of nitro groups is 1. The first-order valence-corrected chi connectivity index (χ1v) is 10.5. The van der Waals surface area contributed by atoms with Gasteiger partial charge in [0.2, 0.25) is 0 Å². The smallest absolute Gasteiger partial charge is 0.325 e. The molecule has 0 bridgehead atoms. The van der Waals surface area contributed by atoms with Crippen LogP contribution in [0.4, 0.5) is 11.4 Å². The molecule has 3 rings (SSSR count). The zero-order valence-corrected chi connectivity index (χ0v) is 18.8. The minimum atomic E-state index is -0.907. The van der Waals surface area contributed by atoms with Gasteiger partial charge in [-0.05, 0) is 24.3 Å². The molecule has 0 unspecified atom stereocenters. The van der Waals surface area contributed by atoms with Crippen LogP contribution >= 0.6 is 11.6 Å². The van der Waals surface area contributed by atoms with Gasteiger partial charge in [-0.1, -0.05) is 48.0 Å². The van der Waals surface area contributed by atoms with Crippen LogP contribution in [0.3, 0.4) is 0 Å². The zero-order chi connectivity index (χ0) is 25.4. The van der Waals surface area contributed by atoms with Crippen molar-refractivity contribution < 1.29 is 28.8 Å². The lowest BCUT2D eigenvalue weighted by Gasteiger charge is -2.12. The molecule has 11 heteroatoms. The lowest BCUT2D eigenvalue weighted by atomic mass is 10.0. The molecule has 0 spiro atoms. The summed E-state index contributed by atoms with van der Waals surface area (Å²) >= 11 is 6.01. The zero-order valence-electron chi connectivity index (χ0n) is 18.0. The van der Waals surface area contributed by atoms with Crippen LogP contribution in [-0.2, 0) is 14.3 Å². The Kier molecular flexibility index (Phi) is 8.25. The van der Waals surface area contributed by atoms with Crippen molar-refractivity contribution in [2.75, 3.05) is 18.5 Å². The normalized spacial score (nSPS) is 10.2. The molecule has 10 nitrogen and oxygen atoms in total. The monoisotopic (exact) mass is 495 g/mol. The first-order chi connectivity index (χ1) is 16.7. The highest BCUT2D eigenvalue weighted by molar-refractivity contribution is 6.31. The number of carbonyl (C=O) groups is 4. The van der Waals surface area contributed by atoms with E-state index in [4.69, 9.17) is 16.3 Å². The molecular weight excluding hydrogens is 478 g/mol. The van der Waals surface area contributed by atoms with Gasteiger partial charge in [-0.3, -0.25) is 29.3 Å². The van der Waals surface area contributed by atoms with Crippen LogP contribution in [0.25, 0.3) is 0 Å². The van der Waals surface area contributed by atoms with E-state index in [0.717, 1.165) is 6.07 Å². The van der Waals surface area contributed by atoms with Crippen molar-refractivity contribution in [1.29, 1.82) is 0 Å². The molecule has 0 fully saturated rings.